The number of likely N-dealkylation sites (N-methyl/N-ethyl adjacent to an activating group) is 1. The lowest BCUT2D eigenvalue weighted by Gasteiger charge is -2.16. The van der Waals surface area contributed by atoms with E-state index in [0.717, 1.165) is 15.6 Å². The lowest BCUT2D eigenvalue weighted by atomic mass is 10.2. The third kappa shape index (κ3) is 4.64. The summed E-state index contributed by atoms with van der Waals surface area (Å²) in [4.78, 5) is 30.4. The van der Waals surface area contributed by atoms with Gasteiger partial charge in [0.2, 0.25) is 5.91 Å². The fourth-order valence-electron chi connectivity index (χ4n) is 1.88. The van der Waals surface area contributed by atoms with Crippen LogP contribution in [-0.4, -0.2) is 42.5 Å². The van der Waals surface area contributed by atoms with Crippen molar-refractivity contribution in [3.05, 3.63) is 28.6 Å². The van der Waals surface area contributed by atoms with E-state index in [9.17, 15) is 9.59 Å². The molecule has 0 atom stereocenters. The van der Waals surface area contributed by atoms with E-state index in [4.69, 9.17) is 0 Å². The van der Waals surface area contributed by atoms with Crippen LogP contribution in [0.5, 0.6) is 0 Å². The first kappa shape index (κ1) is 16.6. The molecule has 0 fully saturated rings. The zero-order valence-electron chi connectivity index (χ0n) is 12.6. The molecule has 22 heavy (non-hydrogen) atoms. The minimum absolute atomic E-state index is 0.00731. The number of rotatable bonds is 7. The fourth-order valence-corrected chi connectivity index (χ4v) is 3.51. The van der Waals surface area contributed by atoms with Crippen LogP contribution in [0.3, 0.4) is 0 Å². The number of methoxy groups -OCH3 is 1. The van der Waals surface area contributed by atoms with Gasteiger partial charge < -0.3 is 9.64 Å². The molecule has 0 N–H and O–H groups in total. The van der Waals surface area contributed by atoms with E-state index in [1.807, 2.05) is 22.9 Å². The molecule has 7 heteroatoms. The molecule has 5 nitrogen and oxygen atoms in total. The number of carbonyl (C=O) groups excluding carboxylic acids is 2. The van der Waals surface area contributed by atoms with Gasteiger partial charge in [-0.05, 0) is 17.9 Å². The molecule has 0 saturated carbocycles. The molecular weight excluding hydrogens is 320 g/mol. The normalized spacial score (nSPS) is 10.5. The van der Waals surface area contributed by atoms with Crippen LogP contribution in [0.2, 0.25) is 0 Å². The lowest BCUT2D eigenvalue weighted by Crippen LogP contribution is -2.29. The SMILES string of the molecule is COC(=O)CCCN(C)C(=O)Cc1csc(-c2cccs2)n1. The van der Waals surface area contributed by atoms with Crippen LogP contribution in [0.1, 0.15) is 18.5 Å². The van der Waals surface area contributed by atoms with Crippen molar-refractivity contribution in [1.82, 2.24) is 9.88 Å². The average molecular weight is 338 g/mol. The van der Waals surface area contributed by atoms with E-state index in [-0.39, 0.29) is 18.3 Å². The Bertz CT molecular complexity index is 623. The Morgan fingerprint density at radius 1 is 1.36 bits per heavy atom. The first-order valence-corrected chi connectivity index (χ1v) is 8.65. The first-order valence-electron chi connectivity index (χ1n) is 6.89. The van der Waals surface area contributed by atoms with Crippen molar-refractivity contribution in [1.29, 1.82) is 0 Å². The van der Waals surface area contributed by atoms with Gasteiger partial charge in [-0.25, -0.2) is 4.98 Å². The Morgan fingerprint density at radius 3 is 2.86 bits per heavy atom. The van der Waals surface area contributed by atoms with Gasteiger partial charge in [-0.2, -0.15) is 0 Å². The van der Waals surface area contributed by atoms with Crippen molar-refractivity contribution >= 4 is 34.6 Å². The molecule has 0 unspecified atom stereocenters. The average Bonchev–Trinajstić information content (AvgIpc) is 3.17. The number of thiophene rings is 1. The minimum Gasteiger partial charge on any atom is -0.469 e. The zero-order valence-corrected chi connectivity index (χ0v) is 14.2. The van der Waals surface area contributed by atoms with E-state index < -0.39 is 0 Å². The Balaban J connectivity index is 1.82. The molecule has 2 aromatic heterocycles. The molecule has 2 aromatic rings. The number of hydrogen-bond acceptors (Lipinski definition) is 6. The highest BCUT2D eigenvalue weighted by Gasteiger charge is 2.13. The van der Waals surface area contributed by atoms with Crippen LogP contribution in [0.15, 0.2) is 22.9 Å². The molecule has 0 saturated heterocycles. The second-order valence-electron chi connectivity index (χ2n) is 4.79. The highest BCUT2D eigenvalue weighted by Crippen LogP contribution is 2.27. The molecule has 1 amide bonds. The van der Waals surface area contributed by atoms with Crippen molar-refractivity contribution in [2.24, 2.45) is 0 Å². The van der Waals surface area contributed by atoms with Crippen LogP contribution in [-0.2, 0) is 20.7 Å². The second kappa shape index (κ2) is 8.05. The molecule has 118 valence electrons. The maximum atomic E-state index is 12.1. The number of ether oxygens (including phenoxy) is 1. The molecule has 0 spiro atoms. The highest BCUT2D eigenvalue weighted by molar-refractivity contribution is 7.20. The topological polar surface area (TPSA) is 59.5 Å². The molecule has 2 rings (SSSR count). The number of carbonyl (C=O) groups is 2. The Labute approximate surface area is 137 Å². The highest BCUT2D eigenvalue weighted by atomic mass is 32.1. The van der Waals surface area contributed by atoms with Crippen molar-refractivity contribution in [2.75, 3.05) is 20.7 Å². The van der Waals surface area contributed by atoms with Crippen molar-refractivity contribution in [2.45, 2.75) is 19.3 Å². The summed E-state index contributed by atoms with van der Waals surface area (Å²) in [6.45, 7) is 0.538. The summed E-state index contributed by atoms with van der Waals surface area (Å²) in [5, 5.41) is 4.89. The van der Waals surface area contributed by atoms with Crippen molar-refractivity contribution in [3.8, 4) is 9.88 Å². The van der Waals surface area contributed by atoms with Gasteiger partial charge in [0.1, 0.15) is 5.01 Å². The standard InChI is InChI=1S/C15H18N2O3S2/c1-17(7-3-6-14(19)20-2)13(18)9-11-10-22-15(16-11)12-5-4-8-21-12/h4-5,8,10H,3,6-7,9H2,1-2H3. The lowest BCUT2D eigenvalue weighted by molar-refractivity contribution is -0.141. The third-order valence-corrected chi connectivity index (χ3v) is 5.07. The predicted octanol–water partition coefficient (Wildman–Crippen LogP) is 2.83. The summed E-state index contributed by atoms with van der Waals surface area (Å²) in [6.07, 6.45) is 1.22. The predicted molar refractivity (Wildman–Crippen MR) is 88.0 cm³/mol. The second-order valence-corrected chi connectivity index (χ2v) is 6.60. The molecule has 0 bridgehead atoms. The quantitative estimate of drug-likeness (QED) is 0.729. The Kier molecular flexibility index (Phi) is 6.09. The van der Waals surface area contributed by atoms with E-state index in [2.05, 4.69) is 9.72 Å². The number of nitrogens with zero attached hydrogens (tertiary/aromatic N) is 2. The van der Waals surface area contributed by atoms with E-state index in [0.29, 0.717) is 19.4 Å². The number of thiazole rings is 1. The molecule has 0 aliphatic carbocycles. The van der Waals surface area contributed by atoms with Crippen LogP contribution >= 0.6 is 22.7 Å². The van der Waals surface area contributed by atoms with Gasteiger partial charge in [0.25, 0.3) is 0 Å². The number of aromatic nitrogens is 1. The van der Waals surface area contributed by atoms with Crippen LogP contribution < -0.4 is 0 Å². The van der Waals surface area contributed by atoms with Gasteiger partial charge in [0.05, 0.1) is 24.1 Å². The zero-order chi connectivity index (χ0) is 15.9. The van der Waals surface area contributed by atoms with E-state index in [1.165, 1.54) is 7.11 Å². The first-order chi connectivity index (χ1) is 10.6. The van der Waals surface area contributed by atoms with Crippen LogP contribution in [0.25, 0.3) is 9.88 Å². The summed E-state index contributed by atoms with van der Waals surface area (Å²) in [6, 6.07) is 4.01. The van der Waals surface area contributed by atoms with E-state index in [1.54, 1.807) is 34.6 Å². The van der Waals surface area contributed by atoms with Crippen LogP contribution in [0, 0.1) is 0 Å². The smallest absolute Gasteiger partial charge is 0.305 e. The number of esters is 1. The molecule has 0 aliphatic heterocycles. The summed E-state index contributed by atoms with van der Waals surface area (Å²) in [5.41, 5.74) is 0.790. The van der Waals surface area contributed by atoms with Gasteiger partial charge in [-0.3, -0.25) is 9.59 Å². The maximum Gasteiger partial charge on any atom is 0.305 e. The monoisotopic (exact) mass is 338 g/mol. The van der Waals surface area contributed by atoms with Gasteiger partial charge in [0, 0.05) is 25.4 Å². The fraction of sp³-hybridized carbons (Fsp3) is 0.400. The van der Waals surface area contributed by atoms with Gasteiger partial charge in [-0.15, -0.1) is 22.7 Å². The third-order valence-electron chi connectivity index (χ3n) is 3.14. The van der Waals surface area contributed by atoms with Crippen molar-refractivity contribution < 1.29 is 14.3 Å². The molecule has 2 heterocycles. The minimum atomic E-state index is -0.249. The number of amides is 1. The molecule has 0 radical (unpaired) electrons. The molecular formula is C15H18N2O3S2. The van der Waals surface area contributed by atoms with Crippen LogP contribution in [0.4, 0.5) is 0 Å². The van der Waals surface area contributed by atoms with Gasteiger partial charge in [0.15, 0.2) is 0 Å². The van der Waals surface area contributed by atoms with E-state index >= 15 is 0 Å². The summed E-state index contributed by atoms with van der Waals surface area (Å²) < 4.78 is 4.58. The van der Waals surface area contributed by atoms with Gasteiger partial charge in [-0.1, -0.05) is 6.07 Å². The summed E-state index contributed by atoms with van der Waals surface area (Å²) >= 11 is 3.19. The summed E-state index contributed by atoms with van der Waals surface area (Å²) in [7, 11) is 3.11. The Morgan fingerprint density at radius 2 is 2.18 bits per heavy atom. The molecule has 0 aromatic carbocycles. The Hall–Kier alpha value is -1.73. The van der Waals surface area contributed by atoms with Gasteiger partial charge >= 0.3 is 5.97 Å². The molecule has 0 aliphatic rings. The largest absolute Gasteiger partial charge is 0.469 e. The summed E-state index contributed by atoms with van der Waals surface area (Å²) in [5.74, 6) is -0.242. The maximum absolute atomic E-state index is 12.1. The van der Waals surface area contributed by atoms with Crippen molar-refractivity contribution in [3.63, 3.8) is 0 Å². The number of hydrogen-bond donors (Lipinski definition) is 0.